The van der Waals surface area contributed by atoms with Crippen molar-refractivity contribution in [1.29, 1.82) is 5.26 Å². The maximum atomic E-state index is 12.5. The summed E-state index contributed by atoms with van der Waals surface area (Å²) in [6, 6.07) is 18.9. The Morgan fingerprint density at radius 3 is 2.52 bits per heavy atom. The second-order valence-corrected chi connectivity index (χ2v) is 8.87. The Balaban J connectivity index is 1.83. The molecule has 11 heteroatoms. The third-order valence-electron chi connectivity index (χ3n) is 4.18. The minimum Gasteiger partial charge on any atom is -0.379 e. The minimum atomic E-state index is -4.36. The summed E-state index contributed by atoms with van der Waals surface area (Å²) in [6.07, 6.45) is 1.28. The van der Waals surface area contributed by atoms with Crippen molar-refractivity contribution in [2.24, 2.45) is 0 Å². The Kier molecular flexibility index (Phi) is 7.22. The number of para-hydroxylation sites is 1. The average Bonchev–Trinajstić information content (AvgIpc) is 2.79. The van der Waals surface area contributed by atoms with E-state index in [9.17, 15) is 28.6 Å². The molecule has 0 aromatic heterocycles. The Morgan fingerprint density at radius 1 is 1.09 bits per heavy atom. The number of nitriles is 1. The summed E-state index contributed by atoms with van der Waals surface area (Å²) < 4.78 is 30.8. The number of nitro benzene ring substituents is 1. The zero-order valence-corrected chi connectivity index (χ0v) is 19.0. The minimum absolute atomic E-state index is 0.0984. The van der Waals surface area contributed by atoms with E-state index in [-0.39, 0.29) is 16.2 Å². The number of amides is 1. The van der Waals surface area contributed by atoms with E-state index in [1.165, 1.54) is 36.4 Å². The van der Waals surface area contributed by atoms with Gasteiger partial charge in [-0.05, 0) is 57.9 Å². The fourth-order valence-corrected chi connectivity index (χ4v) is 4.00. The molecule has 0 bridgehead atoms. The van der Waals surface area contributed by atoms with Gasteiger partial charge in [-0.3, -0.25) is 14.9 Å². The molecule has 166 valence electrons. The highest BCUT2D eigenvalue weighted by Crippen LogP contribution is 2.25. The predicted molar refractivity (Wildman–Crippen MR) is 124 cm³/mol. The molecule has 0 atom stereocenters. The van der Waals surface area contributed by atoms with Crippen LogP contribution in [0, 0.1) is 21.4 Å². The van der Waals surface area contributed by atoms with Gasteiger partial charge >= 0.3 is 10.1 Å². The van der Waals surface area contributed by atoms with Crippen molar-refractivity contribution >= 4 is 49.4 Å². The first-order valence-electron chi connectivity index (χ1n) is 9.16. The van der Waals surface area contributed by atoms with E-state index in [4.69, 9.17) is 4.18 Å². The summed E-state index contributed by atoms with van der Waals surface area (Å²) in [6.45, 7) is 0. The van der Waals surface area contributed by atoms with E-state index < -0.39 is 26.6 Å². The van der Waals surface area contributed by atoms with E-state index in [2.05, 4.69) is 21.2 Å². The molecule has 0 aliphatic rings. The van der Waals surface area contributed by atoms with E-state index in [0.717, 1.165) is 12.1 Å². The lowest BCUT2D eigenvalue weighted by atomic mass is 10.1. The van der Waals surface area contributed by atoms with Crippen molar-refractivity contribution in [1.82, 2.24) is 0 Å². The van der Waals surface area contributed by atoms with Crippen molar-refractivity contribution in [3.05, 3.63) is 98.5 Å². The number of carbonyl (C=O) groups excluding carboxylic acids is 1. The first kappa shape index (κ1) is 23.6. The third kappa shape index (κ3) is 6.03. The number of hydrogen-bond donors (Lipinski definition) is 1. The number of nitrogens with zero attached hydrogens (tertiary/aromatic N) is 2. The molecule has 1 amide bonds. The normalized spacial score (nSPS) is 11.3. The van der Waals surface area contributed by atoms with Gasteiger partial charge in [0.1, 0.15) is 22.3 Å². The van der Waals surface area contributed by atoms with Gasteiger partial charge in [0, 0.05) is 16.6 Å². The monoisotopic (exact) mass is 527 g/mol. The fourth-order valence-electron chi connectivity index (χ4n) is 2.65. The van der Waals surface area contributed by atoms with Crippen LogP contribution in [0.2, 0.25) is 0 Å². The molecule has 0 unspecified atom stereocenters. The molecule has 1 N–H and O–H groups in total. The SMILES string of the molecule is N#C/C(=C\c1cccc(OS(=O)(=O)c2cccc([N+](=O)[O-])c2)c1)C(=O)Nc1ccccc1Br. The van der Waals surface area contributed by atoms with Crippen LogP contribution < -0.4 is 9.50 Å². The highest BCUT2D eigenvalue weighted by atomic mass is 79.9. The van der Waals surface area contributed by atoms with Crippen molar-refractivity contribution in [3.63, 3.8) is 0 Å². The molecule has 0 radical (unpaired) electrons. The Hall–Kier alpha value is -4.01. The van der Waals surface area contributed by atoms with Crippen LogP contribution in [0.15, 0.2) is 87.7 Å². The molecule has 3 aromatic rings. The summed E-state index contributed by atoms with van der Waals surface area (Å²) in [4.78, 5) is 22.3. The van der Waals surface area contributed by atoms with Gasteiger partial charge in [0.05, 0.1) is 10.6 Å². The van der Waals surface area contributed by atoms with Gasteiger partial charge in [-0.2, -0.15) is 13.7 Å². The lowest BCUT2D eigenvalue weighted by Gasteiger charge is -2.08. The van der Waals surface area contributed by atoms with Crippen LogP contribution in [0.5, 0.6) is 5.75 Å². The molecule has 0 saturated heterocycles. The molecule has 0 aliphatic heterocycles. The quantitative estimate of drug-likeness (QED) is 0.155. The molecule has 0 saturated carbocycles. The molecular formula is C22H14BrN3O6S. The van der Waals surface area contributed by atoms with Gasteiger partial charge in [0.15, 0.2) is 0 Å². The summed E-state index contributed by atoms with van der Waals surface area (Å²) in [5.74, 6) is -0.751. The Morgan fingerprint density at radius 2 is 1.82 bits per heavy atom. The fraction of sp³-hybridized carbons (Fsp3) is 0. The second kappa shape index (κ2) is 10.1. The number of non-ortho nitro benzene ring substituents is 1. The summed E-state index contributed by atoms with van der Waals surface area (Å²) in [7, 11) is -4.36. The zero-order valence-electron chi connectivity index (χ0n) is 16.6. The van der Waals surface area contributed by atoms with Gasteiger partial charge < -0.3 is 9.50 Å². The molecule has 9 nitrogen and oxygen atoms in total. The zero-order chi connectivity index (χ0) is 24.0. The first-order valence-corrected chi connectivity index (χ1v) is 11.4. The molecule has 3 rings (SSSR count). The number of benzene rings is 3. The largest absolute Gasteiger partial charge is 0.379 e. The van der Waals surface area contributed by atoms with Crippen LogP contribution in [0.4, 0.5) is 11.4 Å². The summed E-state index contributed by atoms with van der Waals surface area (Å²) in [5, 5.41) is 22.9. The first-order chi connectivity index (χ1) is 15.7. The van der Waals surface area contributed by atoms with Crippen molar-refractivity contribution in [3.8, 4) is 11.8 Å². The number of rotatable bonds is 7. The van der Waals surface area contributed by atoms with E-state index in [1.807, 2.05) is 6.07 Å². The summed E-state index contributed by atoms with van der Waals surface area (Å²) in [5.41, 5.74) is 0.194. The van der Waals surface area contributed by atoms with Crippen LogP contribution in [-0.2, 0) is 14.9 Å². The molecule has 33 heavy (non-hydrogen) atoms. The lowest BCUT2D eigenvalue weighted by Crippen LogP contribution is -2.13. The van der Waals surface area contributed by atoms with Crippen molar-refractivity contribution in [2.75, 3.05) is 5.32 Å². The van der Waals surface area contributed by atoms with Crippen LogP contribution in [0.3, 0.4) is 0 Å². The molecule has 0 heterocycles. The Bertz CT molecular complexity index is 1410. The predicted octanol–water partition coefficient (Wildman–Crippen LogP) is 4.67. The van der Waals surface area contributed by atoms with Gasteiger partial charge in [0.25, 0.3) is 11.6 Å². The van der Waals surface area contributed by atoms with E-state index in [1.54, 1.807) is 30.3 Å². The van der Waals surface area contributed by atoms with E-state index >= 15 is 0 Å². The topological polar surface area (TPSA) is 139 Å². The third-order valence-corrected chi connectivity index (χ3v) is 6.11. The smallest absolute Gasteiger partial charge is 0.339 e. The van der Waals surface area contributed by atoms with Crippen molar-refractivity contribution in [2.45, 2.75) is 4.90 Å². The lowest BCUT2D eigenvalue weighted by molar-refractivity contribution is -0.385. The second-order valence-electron chi connectivity index (χ2n) is 6.47. The molecule has 0 fully saturated rings. The van der Waals surface area contributed by atoms with Crippen LogP contribution in [-0.4, -0.2) is 19.2 Å². The highest BCUT2D eigenvalue weighted by Gasteiger charge is 2.20. The number of anilines is 1. The van der Waals surface area contributed by atoms with Crippen LogP contribution >= 0.6 is 15.9 Å². The van der Waals surface area contributed by atoms with Gasteiger partial charge in [0.2, 0.25) is 0 Å². The number of nitrogens with one attached hydrogen (secondary N) is 1. The van der Waals surface area contributed by atoms with E-state index in [0.29, 0.717) is 15.7 Å². The van der Waals surface area contributed by atoms with Gasteiger partial charge in [-0.1, -0.05) is 30.3 Å². The number of carbonyl (C=O) groups is 1. The molecule has 0 spiro atoms. The number of hydrogen-bond acceptors (Lipinski definition) is 7. The highest BCUT2D eigenvalue weighted by molar-refractivity contribution is 9.10. The van der Waals surface area contributed by atoms with Gasteiger partial charge in [-0.15, -0.1) is 0 Å². The Labute approximate surface area is 197 Å². The van der Waals surface area contributed by atoms with Crippen LogP contribution in [0.1, 0.15) is 5.56 Å². The van der Waals surface area contributed by atoms with Crippen LogP contribution in [0.25, 0.3) is 6.08 Å². The number of halogens is 1. The molecule has 3 aromatic carbocycles. The number of nitro groups is 1. The van der Waals surface area contributed by atoms with Gasteiger partial charge in [-0.25, -0.2) is 0 Å². The standard InChI is InChI=1S/C22H14BrN3O6S/c23-20-9-1-2-10-21(20)25-22(27)16(14-24)11-15-5-3-7-18(12-15)32-33(30,31)19-8-4-6-17(13-19)26(28)29/h1-13H,(H,25,27)/b16-11+. The summed E-state index contributed by atoms with van der Waals surface area (Å²) >= 11 is 3.30. The molecular weight excluding hydrogens is 514 g/mol. The molecule has 0 aliphatic carbocycles. The maximum absolute atomic E-state index is 12.5. The average molecular weight is 528 g/mol. The maximum Gasteiger partial charge on any atom is 0.339 e. The van der Waals surface area contributed by atoms with Crippen molar-refractivity contribution < 1.29 is 22.3 Å².